The van der Waals surface area contributed by atoms with Crippen LogP contribution in [0.5, 0.6) is 0 Å². The van der Waals surface area contributed by atoms with Gasteiger partial charge in [0.2, 0.25) is 0 Å². The number of aromatic nitrogens is 3. The Kier molecular flexibility index (Phi) is 2.96. The Hall–Kier alpha value is -1.75. The molecule has 4 nitrogen and oxygen atoms in total. The number of rotatable bonds is 3. The van der Waals surface area contributed by atoms with E-state index in [-0.39, 0.29) is 11.9 Å². The predicted octanol–water partition coefficient (Wildman–Crippen LogP) is 1.69. The Morgan fingerprint density at radius 3 is 2.88 bits per heavy atom. The minimum Gasteiger partial charge on any atom is -0.313 e. The van der Waals surface area contributed by atoms with E-state index in [9.17, 15) is 4.39 Å². The zero-order chi connectivity index (χ0) is 11.5. The molecule has 0 spiro atoms. The maximum Gasteiger partial charge on any atom is 0.138 e. The van der Waals surface area contributed by atoms with E-state index >= 15 is 0 Å². The van der Waals surface area contributed by atoms with E-state index in [1.807, 2.05) is 13.0 Å². The molecule has 0 fully saturated rings. The van der Waals surface area contributed by atoms with Crippen molar-refractivity contribution in [1.82, 2.24) is 20.1 Å². The fourth-order valence-electron chi connectivity index (χ4n) is 1.63. The van der Waals surface area contributed by atoms with Crippen LogP contribution < -0.4 is 5.32 Å². The van der Waals surface area contributed by atoms with Crippen LogP contribution in [0.15, 0.2) is 30.9 Å². The molecule has 16 heavy (non-hydrogen) atoms. The quantitative estimate of drug-likeness (QED) is 0.855. The van der Waals surface area contributed by atoms with Crippen molar-refractivity contribution in [2.45, 2.75) is 13.0 Å². The van der Waals surface area contributed by atoms with Crippen LogP contribution in [0.25, 0.3) is 5.69 Å². The summed E-state index contributed by atoms with van der Waals surface area (Å²) in [6, 6.07) is 4.85. The molecule has 1 aromatic heterocycles. The van der Waals surface area contributed by atoms with Crippen LogP contribution in [0.2, 0.25) is 0 Å². The normalized spacial score (nSPS) is 12.7. The summed E-state index contributed by atoms with van der Waals surface area (Å²) in [5, 5.41) is 7.04. The van der Waals surface area contributed by atoms with Crippen molar-refractivity contribution in [1.29, 1.82) is 0 Å². The second kappa shape index (κ2) is 4.40. The van der Waals surface area contributed by atoms with E-state index in [1.165, 1.54) is 12.4 Å². The summed E-state index contributed by atoms with van der Waals surface area (Å²) in [5.74, 6) is -0.241. The summed E-state index contributed by atoms with van der Waals surface area (Å²) in [6.45, 7) is 1.90. The maximum absolute atomic E-state index is 13.8. The Bertz CT molecular complexity index is 467. The first kappa shape index (κ1) is 10.8. The molecule has 0 amide bonds. The van der Waals surface area contributed by atoms with Gasteiger partial charge in [-0.25, -0.2) is 14.1 Å². The number of hydrogen-bond donors (Lipinski definition) is 1. The molecule has 1 atom stereocenters. The lowest BCUT2D eigenvalue weighted by atomic mass is 10.1. The van der Waals surface area contributed by atoms with Gasteiger partial charge < -0.3 is 5.32 Å². The van der Waals surface area contributed by atoms with Crippen LogP contribution in [0, 0.1) is 5.82 Å². The van der Waals surface area contributed by atoms with Gasteiger partial charge in [0.15, 0.2) is 0 Å². The van der Waals surface area contributed by atoms with Crippen LogP contribution >= 0.6 is 0 Å². The number of benzene rings is 1. The van der Waals surface area contributed by atoms with E-state index in [2.05, 4.69) is 15.4 Å². The Morgan fingerprint density at radius 2 is 2.25 bits per heavy atom. The van der Waals surface area contributed by atoms with Crippen molar-refractivity contribution < 1.29 is 4.39 Å². The fourth-order valence-corrected chi connectivity index (χ4v) is 1.63. The molecule has 0 bridgehead atoms. The van der Waals surface area contributed by atoms with Crippen molar-refractivity contribution in [3.63, 3.8) is 0 Å². The maximum atomic E-state index is 13.8. The lowest BCUT2D eigenvalue weighted by Crippen LogP contribution is -2.17. The molecule has 0 radical (unpaired) electrons. The molecule has 84 valence electrons. The molecule has 0 saturated carbocycles. The van der Waals surface area contributed by atoms with E-state index in [4.69, 9.17) is 0 Å². The van der Waals surface area contributed by atoms with Crippen LogP contribution in [-0.4, -0.2) is 21.8 Å². The summed E-state index contributed by atoms with van der Waals surface area (Å²) in [7, 11) is 1.79. The van der Waals surface area contributed by atoms with Gasteiger partial charge in [0.1, 0.15) is 18.5 Å². The molecular formula is C11H13FN4. The SMILES string of the molecule is CNC(C)c1c(F)cccc1-n1cncn1. The molecule has 1 unspecified atom stereocenters. The van der Waals surface area contributed by atoms with Crippen LogP contribution in [0.3, 0.4) is 0 Å². The van der Waals surface area contributed by atoms with Gasteiger partial charge in [-0.3, -0.25) is 0 Å². The molecule has 5 heteroatoms. The molecule has 1 N–H and O–H groups in total. The first-order valence-electron chi connectivity index (χ1n) is 5.04. The number of nitrogens with one attached hydrogen (secondary N) is 1. The van der Waals surface area contributed by atoms with E-state index in [1.54, 1.807) is 24.1 Å². The van der Waals surface area contributed by atoms with Gasteiger partial charge in [-0.05, 0) is 26.1 Å². The first-order valence-corrected chi connectivity index (χ1v) is 5.04. The third-order valence-electron chi connectivity index (χ3n) is 2.56. The van der Waals surface area contributed by atoms with Crippen LogP contribution in [0.1, 0.15) is 18.5 Å². The van der Waals surface area contributed by atoms with Crippen molar-refractivity contribution in [2.24, 2.45) is 0 Å². The Balaban J connectivity index is 2.57. The standard InChI is InChI=1S/C11H13FN4/c1-8(13-2)11-9(12)4-3-5-10(11)16-7-14-6-15-16/h3-8,13H,1-2H3. The second-order valence-electron chi connectivity index (χ2n) is 3.52. The van der Waals surface area contributed by atoms with Gasteiger partial charge in [-0.2, -0.15) is 5.10 Å². The average molecular weight is 220 g/mol. The first-order chi connectivity index (χ1) is 7.74. The van der Waals surface area contributed by atoms with E-state index in [0.717, 1.165) is 0 Å². The summed E-state index contributed by atoms with van der Waals surface area (Å²) in [4.78, 5) is 3.86. The smallest absolute Gasteiger partial charge is 0.138 e. The molecule has 0 aliphatic rings. The molecule has 2 aromatic rings. The van der Waals surface area contributed by atoms with Crippen molar-refractivity contribution in [3.8, 4) is 5.69 Å². The third-order valence-corrected chi connectivity index (χ3v) is 2.56. The van der Waals surface area contributed by atoms with Gasteiger partial charge in [-0.1, -0.05) is 6.07 Å². The van der Waals surface area contributed by atoms with Crippen molar-refractivity contribution in [2.75, 3.05) is 7.05 Å². The van der Waals surface area contributed by atoms with Gasteiger partial charge in [0.05, 0.1) is 5.69 Å². The Morgan fingerprint density at radius 1 is 1.44 bits per heavy atom. The highest BCUT2D eigenvalue weighted by molar-refractivity contribution is 5.42. The molecule has 0 saturated heterocycles. The van der Waals surface area contributed by atoms with E-state index < -0.39 is 0 Å². The van der Waals surface area contributed by atoms with Crippen LogP contribution in [-0.2, 0) is 0 Å². The molecular weight excluding hydrogens is 207 g/mol. The highest BCUT2D eigenvalue weighted by atomic mass is 19.1. The highest BCUT2D eigenvalue weighted by Crippen LogP contribution is 2.23. The molecule has 0 aliphatic heterocycles. The van der Waals surface area contributed by atoms with E-state index in [0.29, 0.717) is 11.3 Å². The van der Waals surface area contributed by atoms with Crippen molar-refractivity contribution in [3.05, 3.63) is 42.2 Å². The largest absolute Gasteiger partial charge is 0.313 e. The molecule has 2 rings (SSSR count). The van der Waals surface area contributed by atoms with Gasteiger partial charge in [-0.15, -0.1) is 0 Å². The topological polar surface area (TPSA) is 42.7 Å². The molecule has 0 aliphatic carbocycles. The van der Waals surface area contributed by atoms with Crippen molar-refractivity contribution >= 4 is 0 Å². The number of hydrogen-bond acceptors (Lipinski definition) is 3. The zero-order valence-corrected chi connectivity index (χ0v) is 9.18. The number of halogens is 1. The monoisotopic (exact) mass is 220 g/mol. The third kappa shape index (κ3) is 1.81. The zero-order valence-electron chi connectivity index (χ0n) is 9.18. The Labute approximate surface area is 93.1 Å². The molecule has 1 heterocycles. The highest BCUT2D eigenvalue weighted by Gasteiger charge is 2.15. The summed E-state index contributed by atoms with van der Waals surface area (Å²) >= 11 is 0. The minimum absolute atomic E-state index is 0.0830. The lowest BCUT2D eigenvalue weighted by molar-refractivity contribution is 0.557. The predicted molar refractivity (Wildman–Crippen MR) is 58.8 cm³/mol. The lowest BCUT2D eigenvalue weighted by Gasteiger charge is -2.16. The average Bonchev–Trinajstić information content (AvgIpc) is 2.81. The van der Waals surface area contributed by atoms with Gasteiger partial charge in [0, 0.05) is 11.6 Å². The van der Waals surface area contributed by atoms with Crippen LogP contribution in [0.4, 0.5) is 4.39 Å². The summed E-state index contributed by atoms with van der Waals surface area (Å²) in [5.41, 5.74) is 1.30. The fraction of sp³-hybridized carbons (Fsp3) is 0.273. The minimum atomic E-state index is -0.241. The second-order valence-corrected chi connectivity index (χ2v) is 3.52. The van der Waals surface area contributed by atoms with Gasteiger partial charge in [0.25, 0.3) is 0 Å². The summed E-state index contributed by atoms with van der Waals surface area (Å²) in [6.07, 6.45) is 2.99. The van der Waals surface area contributed by atoms with Gasteiger partial charge >= 0.3 is 0 Å². The number of nitrogens with zero attached hydrogens (tertiary/aromatic N) is 3. The summed E-state index contributed by atoms with van der Waals surface area (Å²) < 4.78 is 15.3. The molecule has 1 aromatic carbocycles.